The Balaban J connectivity index is 1.67. The molecule has 24 heavy (non-hydrogen) atoms. The van der Waals surface area contributed by atoms with Crippen LogP contribution >= 0.6 is 0 Å². The Bertz CT molecular complexity index is 812. The molecule has 0 aliphatic carbocycles. The number of carbonyl (C=O) groups excluding carboxylic acids is 1. The van der Waals surface area contributed by atoms with Crippen LogP contribution in [0.5, 0.6) is 5.75 Å². The first-order valence-corrected chi connectivity index (χ1v) is 7.87. The van der Waals surface area contributed by atoms with E-state index < -0.39 is 0 Å². The molecule has 1 heterocycles. The molecule has 1 aromatic heterocycles. The van der Waals surface area contributed by atoms with Gasteiger partial charge in [-0.25, -0.2) is 4.68 Å². The fraction of sp³-hybridized carbons (Fsp3) is 0.158. The van der Waals surface area contributed by atoms with Gasteiger partial charge in [-0.2, -0.15) is 5.10 Å². The first-order chi connectivity index (χ1) is 11.8. The Morgan fingerprint density at radius 1 is 1.12 bits per heavy atom. The van der Waals surface area contributed by atoms with Gasteiger partial charge in [-0.1, -0.05) is 36.4 Å². The molecule has 5 nitrogen and oxygen atoms in total. The Morgan fingerprint density at radius 3 is 2.67 bits per heavy atom. The molecule has 0 radical (unpaired) electrons. The maximum atomic E-state index is 12.3. The van der Waals surface area contributed by atoms with Crippen molar-refractivity contribution in [1.29, 1.82) is 0 Å². The van der Waals surface area contributed by atoms with E-state index in [0.29, 0.717) is 18.7 Å². The molecule has 1 amide bonds. The van der Waals surface area contributed by atoms with Gasteiger partial charge in [-0.15, -0.1) is 0 Å². The maximum absolute atomic E-state index is 12.3. The summed E-state index contributed by atoms with van der Waals surface area (Å²) in [5, 5.41) is 7.15. The minimum absolute atomic E-state index is 0.163. The van der Waals surface area contributed by atoms with Gasteiger partial charge in [0.25, 0.3) is 5.91 Å². The smallest absolute Gasteiger partial charge is 0.254 e. The molecule has 0 saturated heterocycles. The van der Waals surface area contributed by atoms with Crippen molar-refractivity contribution in [1.82, 2.24) is 15.1 Å². The van der Waals surface area contributed by atoms with E-state index >= 15 is 0 Å². The van der Waals surface area contributed by atoms with E-state index in [0.717, 1.165) is 17.0 Å². The molecule has 0 fully saturated rings. The van der Waals surface area contributed by atoms with Crippen LogP contribution in [0, 0.1) is 0 Å². The average Bonchev–Trinajstić information content (AvgIpc) is 3.12. The lowest BCUT2D eigenvalue weighted by atomic mass is 10.2. The van der Waals surface area contributed by atoms with Crippen molar-refractivity contribution in [3.63, 3.8) is 0 Å². The van der Waals surface area contributed by atoms with E-state index in [1.165, 1.54) is 0 Å². The van der Waals surface area contributed by atoms with Gasteiger partial charge in [0, 0.05) is 18.3 Å². The number of hydrogen-bond donors (Lipinski definition) is 1. The van der Waals surface area contributed by atoms with E-state index in [2.05, 4.69) is 10.4 Å². The van der Waals surface area contributed by atoms with E-state index in [1.807, 2.05) is 61.5 Å². The second-order valence-corrected chi connectivity index (χ2v) is 5.23. The number of benzene rings is 2. The molecule has 3 aromatic rings. The average molecular weight is 321 g/mol. The van der Waals surface area contributed by atoms with Gasteiger partial charge < -0.3 is 10.1 Å². The number of amides is 1. The summed E-state index contributed by atoms with van der Waals surface area (Å²) in [5.41, 5.74) is 2.38. The molecular weight excluding hydrogens is 302 g/mol. The molecule has 0 bridgehead atoms. The molecule has 0 saturated carbocycles. The van der Waals surface area contributed by atoms with Gasteiger partial charge in [-0.3, -0.25) is 4.79 Å². The van der Waals surface area contributed by atoms with Crippen molar-refractivity contribution in [3.05, 3.63) is 78.1 Å². The summed E-state index contributed by atoms with van der Waals surface area (Å²) in [6, 6.07) is 17.4. The minimum Gasteiger partial charge on any atom is -0.494 e. The first-order valence-electron chi connectivity index (χ1n) is 7.87. The van der Waals surface area contributed by atoms with Gasteiger partial charge in [0.15, 0.2) is 0 Å². The van der Waals surface area contributed by atoms with Crippen LogP contribution in [0.1, 0.15) is 22.8 Å². The van der Waals surface area contributed by atoms with E-state index in [9.17, 15) is 4.79 Å². The van der Waals surface area contributed by atoms with Crippen molar-refractivity contribution in [3.8, 4) is 11.4 Å². The quantitative estimate of drug-likeness (QED) is 0.758. The summed E-state index contributed by atoms with van der Waals surface area (Å²) in [5.74, 6) is 0.628. The van der Waals surface area contributed by atoms with Gasteiger partial charge in [0.2, 0.25) is 0 Å². The predicted octanol–water partition coefficient (Wildman–Crippen LogP) is 3.20. The molecular formula is C19H19N3O2. The Morgan fingerprint density at radius 2 is 1.88 bits per heavy atom. The number of nitrogens with one attached hydrogen (secondary N) is 1. The van der Waals surface area contributed by atoms with Gasteiger partial charge >= 0.3 is 0 Å². The van der Waals surface area contributed by atoms with Crippen molar-refractivity contribution < 1.29 is 9.53 Å². The largest absolute Gasteiger partial charge is 0.494 e. The third kappa shape index (κ3) is 3.63. The molecule has 1 N–H and O–H groups in total. The third-order valence-electron chi connectivity index (χ3n) is 3.58. The molecule has 3 rings (SSSR count). The van der Waals surface area contributed by atoms with Gasteiger partial charge in [0.05, 0.1) is 24.1 Å². The summed E-state index contributed by atoms with van der Waals surface area (Å²) in [4.78, 5) is 12.3. The van der Waals surface area contributed by atoms with Crippen molar-refractivity contribution in [2.45, 2.75) is 13.5 Å². The van der Waals surface area contributed by atoms with Crippen LogP contribution in [-0.4, -0.2) is 22.3 Å². The molecule has 0 spiro atoms. The lowest BCUT2D eigenvalue weighted by Gasteiger charge is -2.10. The number of para-hydroxylation sites is 2. The summed E-state index contributed by atoms with van der Waals surface area (Å²) >= 11 is 0. The zero-order chi connectivity index (χ0) is 16.8. The number of nitrogens with zero attached hydrogens (tertiary/aromatic N) is 2. The summed E-state index contributed by atoms with van der Waals surface area (Å²) in [7, 11) is 0. The standard InChI is InChI=1S/C19H19N3O2/c1-2-24-18-11-7-6-8-15(18)12-20-19(23)16-13-21-22(14-16)17-9-4-3-5-10-17/h3-11,13-14H,2,12H2,1H3,(H,20,23). The summed E-state index contributed by atoms with van der Waals surface area (Å²) < 4.78 is 7.25. The lowest BCUT2D eigenvalue weighted by Crippen LogP contribution is -2.22. The molecule has 0 unspecified atom stereocenters. The van der Waals surface area contributed by atoms with E-state index in [1.54, 1.807) is 17.1 Å². The predicted molar refractivity (Wildman–Crippen MR) is 92.3 cm³/mol. The van der Waals surface area contributed by atoms with Crippen LogP contribution in [0.3, 0.4) is 0 Å². The van der Waals surface area contributed by atoms with Crippen molar-refractivity contribution in [2.24, 2.45) is 0 Å². The first kappa shape index (κ1) is 15.8. The van der Waals surface area contributed by atoms with Crippen LogP contribution in [0.2, 0.25) is 0 Å². The fourth-order valence-corrected chi connectivity index (χ4v) is 2.39. The fourth-order valence-electron chi connectivity index (χ4n) is 2.39. The van der Waals surface area contributed by atoms with Crippen LogP contribution in [0.4, 0.5) is 0 Å². The van der Waals surface area contributed by atoms with Gasteiger partial charge in [0.1, 0.15) is 5.75 Å². The summed E-state index contributed by atoms with van der Waals surface area (Å²) in [6.07, 6.45) is 3.29. The molecule has 2 aromatic carbocycles. The highest BCUT2D eigenvalue weighted by Crippen LogP contribution is 2.17. The van der Waals surface area contributed by atoms with Crippen LogP contribution in [0.15, 0.2) is 67.0 Å². The SMILES string of the molecule is CCOc1ccccc1CNC(=O)c1cnn(-c2ccccc2)c1. The Kier molecular flexibility index (Phi) is 4.91. The second-order valence-electron chi connectivity index (χ2n) is 5.23. The maximum Gasteiger partial charge on any atom is 0.254 e. The second kappa shape index (κ2) is 7.46. The zero-order valence-corrected chi connectivity index (χ0v) is 13.5. The molecule has 0 atom stereocenters. The van der Waals surface area contributed by atoms with Crippen molar-refractivity contribution >= 4 is 5.91 Å². The number of aromatic nitrogens is 2. The highest BCUT2D eigenvalue weighted by Gasteiger charge is 2.10. The number of carbonyl (C=O) groups is 1. The van der Waals surface area contributed by atoms with Crippen LogP contribution in [0.25, 0.3) is 5.69 Å². The third-order valence-corrected chi connectivity index (χ3v) is 3.58. The van der Waals surface area contributed by atoms with Crippen molar-refractivity contribution in [2.75, 3.05) is 6.61 Å². The van der Waals surface area contributed by atoms with Crippen LogP contribution in [-0.2, 0) is 6.54 Å². The topological polar surface area (TPSA) is 56.1 Å². The lowest BCUT2D eigenvalue weighted by molar-refractivity contribution is 0.0950. The number of ether oxygens (including phenoxy) is 1. The molecule has 5 heteroatoms. The zero-order valence-electron chi connectivity index (χ0n) is 13.5. The molecule has 0 aliphatic rings. The highest BCUT2D eigenvalue weighted by atomic mass is 16.5. The van der Waals surface area contributed by atoms with E-state index in [4.69, 9.17) is 4.74 Å². The van der Waals surface area contributed by atoms with Crippen LogP contribution < -0.4 is 10.1 Å². The van der Waals surface area contributed by atoms with E-state index in [-0.39, 0.29) is 5.91 Å². The number of rotatable bonds is 6. The monoisotopic (exact) mass is 321 g/mol. The molecule has 122 valence electrons. The minimum atomic E-state index is -0.163. The van der Waals surface area contributed by atoms with Gasteiger partial charge in [-0.05, 0) is 25.1 Å². The highest BCUT2D eigenvalue weighted by molar-refractivity contribution is 5.93. The normalized spacial score (nSPS) is 10.4. The Hall–Kier alpha value is -3.08. The Labute approximate surface area is 140 Å². The summed E-state index contributed by atoms with van der Waals surface area (Å²) in [6.45, 7) is 2.94. The molecule has 0 aliphatic heterocycles. The number of hydrogen-bond acceptors (Lipinski definition) is 3.